The van der Waals surface area contributed by atoms with Crippen LogP contribution >= 0.6 is 0 Å². The highest BCUT2D eigenvalue weighted by atomic mass is 16.1. The Morgan fingerprint density at radius 1 is 0.857 bits per heavy atom. The highest BCUT2D eigenvalue weighted by molar-refractivity contribution is 6.05. The van der Waals surface area contributed by atoms with Gasteiger partial charge in [0.05, 0.1) is 0 Å². The van der Waals surface area contributed by atoms with Crippen LogP contribution in [0.25, 0.3) is 5.57 Å². The topological polar surface area (TPSA) is 34.1 Å². The Balaban J connectivity index is 1.58. The van der Waals surface area contributed by atoms with Gasteiger partial charge >= 0.3 is 0 Å². The number of fused-ring (bicyclic) bond motifs is 5. The molecular weight excluding hydrogens is 344 g/mol. The van der Waals surface area contributed by atoms with Gasteiger partial charge in [0.2, 0.25) is 0 Å². The molecule has 4 bridgehead atoms. The van der Waals surface area contributed by atoms with E-state index in [0.29, 0.717) is 18.8 Å². The summed E-state index contributed by atoms with van der Waals surface area (Å²) in [4.78, 5) is 25.5. The zero-order chi connectivity index (χ0) is 19.3. The van der Waals surface area contributed by atoms with Crippen molar-refractivity contribution in [1.29, 1.82) is 0 Å². The van der Waals surface area contributed by atoms with Crippen molar-refractivity contribution in [1.82, 2.24) is 0 Å². The minimum atomic E-state index is 0.0916. The van der Waals surface area contributed by atoms with Gasteiger partial charge < -0.3 is 0 Å². The van der Waals surface area contributed by atoms with Crippen molar-refractivity contribution >= 4 is 17.1 Å². The monoisotopic (exact) mass is 372 g/mol. The molecule has 1 aromatic carbocycles. The molecule has 1 unspecified atom stereocenters. The fourth-order valence-electron chi connectivity index (χ4n) is 4.44. The van der Waals surface area contributed by atoms with Crippen LogP contribution in [-0.2, 0) is 4.79 Å². The molecule has 2 nitrogen and oxygen atoms in total. The van der Waals surface area contributed by atoms with Crippen LogP contribution in [0, 0.1) is 5.92 Å². The van der Waals surface area contributed by atoms with Crippen LogP contribution in [0.1, 0.15) is 73.7 Å². The molecule has 0 saturated heterocycles. The number of hydrogen-bond acceptors (Lipinski definition) is 2. The van der Waals surface area contributed by atoms with Crippen LogP contribution in [-0.4, -0.2) is 11.6 Å². The van der Waals surface area contributed by atoms with Gasteiger partial charge in [-0.1, -0.05) is 74.3 Å². The van der Waals surface area contributed by atoms with Gasteiger partial charge in [-0.25, -0.2) is 0 Å². The lowest BCUT2D eigenvalue weighted by atomic mass is 9.93. The van der Waals surface area contributed by atoms with E-state index in [4.69, 9.17) is 0 Å². The third-order valence-corrected chi connectivity index (χ3v) is 6.06. The molecule has 1 atom stereocenters. The standard InChI is InChI=1S/C26H28O2/c27-25-13-5-3-1-2-4-8-19-14-15-21(16-19)20-9-6-11-23(17-20)26(28)18-22-10-7-12-24(22)25/h6,9-12,14-17,19H,1-5,7-8,13,18H2. The van der Waals surface area contributed by atoms with Crippen molar-refractivity contribution in [2.24, 2.45) is 5.92 Å². The number of allylic oxidation sites excluding steroid dienone is 8. The van der Waals surface area contributed by atoms with Crippen LogP contribution in [0.5, 0.6) is 0 Å². The summed E-state index contributed by atoms with van der Waals surface area (Å²) in [5.74, 6) is 0.805. The molecule has 2 heteroatoms. The van der Waals surface area contributed by atoms with Crippen molar-refractivity contribution in [3.63, 3.8) is 0 Å². The molecular formula is C26H28O2. The van der Waals surface area contributed by atoms with Gasteiger partial charge in [-0.05, 0) is 48.0 Å². The molecule has 4 rings (SSSR count). The fraction of sp³-hybridized carbons (Fsp3) is 0.385. The predicted molar refractivity (Wildman–Crippen MR) is 114 cm³/mol. The Bertz CT molecular complexity index is 895. The summed E-state index contributed by atoms with van der Waals surface area (Å²) in [6.07, 6.45) is 19.4. The largest absolute Gasteiger partial charge is 0.294 e. The summed E-state index contributed by atoms with van der Waals surface area (Å²) in [7, 11) is 0. The Morgan fingerprint density at radius 2 is 1.68 bits per heavy atom. The van der Waals surface area contributed by atoms with Crippen molar-refractivity contribution < 1.29 is 9.59 Å². The van der Waals surface area contributed by atoms with Gasteiger partial charge in [0.1, 0.15) is 0 Å². The van der Waals surface area contributed by atoms with E-state index in [0.717, 1.165) is 41.5 Å². The third kappa shape index (κ3) is 4.32. The van der Waals surface area contributed by atoms with Crippen molar-refractivity contribution in [3.05, 3.63) is 76.9 Å². The molecule has 144 valence electrons. The smallest absolute Gasteiger partial charge is 0.167 e. The van der Waals surface area contributed by atoms with E-state index in [-0.39, 0.29) is 11.6 Å². The summed E-state index contributed by atoms with van der Waals surface area (Å²) >= 11 is 0. The molecule has 0 spiro atoms. The maximum Gasteiger partial charge on any atom is 0.167 e. The van der Waals surface area contributed by atoms with Crippen LogP contribution in [0.4, 0.5) is 0 Å². The van der Waals surface area contributed by atoms with Crippen molar-refractivity contribution in [2.45, 2.75) is 57.8 Å². The number of hydrogen-bond donors (Lipinski definition) is 0. The van der Waals surface area contributed by atoms with Crippen LogP contribution < -0.4 is 0 Å². The quantitative estimate of drug-likeness (QED) is 0.528. The molecule has 0 aliphatic heterocycles. The summed E-state index contributed by atoms with van der Waals surface area (Å²) in [5, 5.41) is 0. The van der Waals surface area contributed by atoms with E-state index in [2.05, 4.69) is 24.3 Å². The van der Waals surface area contributed by atoms with Gasteiger partial charge in [0.15, 0.2) is 11.6 Å². The average Bonchev–Trinajstić information content (AvgIpc) is 3.36. The second-order valence-corrected chi connectivity index (χ2v) is 8.14. The highest BCUT2D eigenvalue weighted by Crippen LogP contribution is 2.31. The molecule has 0 aromatic heterocycles. The first-order valence-electron chi connectivity index (χ1n) is 10.7. The molecule has 3 aliphatic carbocycles. The third-order valence-electron chi connectivity index (χ3n) is 6.06. The lowest BCUT2D eigenvalue weighted by Gasteiger charge is -2.10. The second-order valence-electron chi connectivity index (χ2n) is 8.14. The normalized spacial score (nSPS) is 23.4. The number of rotatable bonds is 0. The zero-order valence-corrected chi connectivity index (χ0v) is 16.5. The Kier molecular flexibility index (Phi) is 5.85. The SMILES string of the molecule is O=C1CCCCCCCC2C=CC(=C2)c2cccc(c2)C(=O)CC2=CCC=C12. The minimum absolute atomic E-state index is 0.0916. The number of carbonyl (C=O) groups excluding carboxylic acids is 2. The lowest BCUT2D eigenvalue weighted by Crippen LogP contribution is -2.08. The van der Waals surface area contributed by atoms with E-state index in [1.807, 2.05) is 30.4 Å². The summed E-state index contributed by atoms with van der Waals surface area (Å²) in [6, 6.07) is 7.94. The van der Waals surface area contributed by atoms with E-state index in [9.17, 15) is 9.59 Å². The van der Waals surface area contributed by atoms with Gasteiger partial charge in [-0.15, -0.1) is 0 Å². The molecule has 1 aromatic rings. The molecule has 0 N–H and O–H groups in total. The first kappa shape index (κ1) is 18.9. The molecule has 0 amide bonds. The molecule has 0 heterocycles. The van der Waals surface area contributed by atoms with Gasteiger partial charge in [0, 0.05) is 24.0 Å². The molecule has 28 heavy (non-hydrogen) atoms. The zero-order valence-electron chi connectivity index (χ0n) is 16.5. The maximum absolute atomic E-state index is 12.9. The highest BCUT2D eigenvalue weighted by Gasteiger charge is 2.21. The van der Waals surface area contributed by atoms with Crippen LogP contribution in [0.15, 0.2) is 65.8 Å². The van der Waals surface area contributed by atoms with E-state index >= 15 is 0 Å². The molecule has 0 saturated carbocycles. The maximum atomic E-state index is 12.9. The fourth-order valence-corrected chi connectivity index (χ4v) is 4.44. The molecule has 0 radical (unpaired) electrons. The first-order valence-corrected chi connectivity index (χ1v) is 10.7. The summed E-state index contributed by atoms with van der Waals surface area (Å²) in [6.45, 7) is 0. The number of benzene rings is 1. The molecule has 3 aliphatic rings. The number of ketones is 2. The van der Waals surface area contributed by atoms with Gasteiger partial charge in [-0.2, -0.15) is 0 Å². The second kappa shape index (κ2) is 8.68. The Hall–Kier alpha value is -2.48. The molecule has 0 fully saturated rings. The number of Topliss-reactive ketones (excluding diaryl/α,β-unsaturated/α-hetero) is 2. The van der Waals surface area contributed by atoms with Gasteiger partial charge in [-0.3, -0.25) is 9.59 Å². The average molecular weight is 373 g/mol. The van der Waals surface area contributed by atoms with Crippen LogP contribution in [0.3, 0.4) is 0 Å². The predicted octanol–water partition coefficient (Wildman–Crippen LogP) is 6.40. The number of carbonyl (C=O) groups is 2. The van der Waals surface area contributed by atoms with Crippen LogP contribution in [0.2, 0.25) is 0 Å². The van der Waals surface area contributed by atoms with Crippen molar-refractivity contribution in [3.8, 4) is 0 Å². The Labute approximate surface area is 167 Å². The van der Waals surface area contributed by atoms with E-state index in [1.165, 1.54) is 31.3 Å². The van der Waals surface area contributed by atoms with E-state index in [1.54, 1.807) is 0 Å². The lowest BCUT2D eigenvalue weighted by molar-refractivity contribution is -0.115. The van der Waals surface area contributed by atoms with Gasteiger partial charge in [0.25, 0.3) is 0 Å². The van der Waals surface area contributed by atoms with Crippen molar-refractivity contribution in [2.75, 3.05) is 0 Å². The first-order chi connectivity index (χ1) is 13.7. The Morgan fingerprint density at radius 3 is 2.61 bits per heavy atom. The summed E-state index contributed by atoms with van der Waals surface area (Å²) in [5.41, 5.74) is 4.77. The minimum Gasteiger partial charge on any atom is -0.294 e. The summed E-state index contributed by atoms with van der Waals surface area (Å²) < 4.78 is 0. The van der Waals surface area contributed by atoms with E-state index < -0.39 is 0 Å².